The van der Waals surface area contributed by atoms with Crippen LogP contribution in [0.5, 0.6) is 5.75 Å². The summed E-state index contributed by atoms with van der Waals surface area (Å²) in [5.74, 6) is 1.15. The van der Waals surface area contributed by atoms with Gasteiger partial charge in [0.05, 0.1) is 11.5 Å². The molecule has 2 N–H and O–H groups in total. The molecule has 1 aromatic carbocycles. The van der Waals surface area contributed by atoms with Crippen molar-refractivity contribution >= 4 is 10.0 Å². The van der Waals surface area contributed by atoms with Crippen LogP contribution in [0.2, 0.25) is 0 Å². The van der Waals surface area contributed by atoms with Crippen LogP contribution in [0.4, 0.5) is 0 Å². The summed E-state index contributed by atoms with van der Waals surface area (Å²) in [6.07, 6.45) is 3.45. The quantitative estimate of drug-likeness (QED) is 0.835. The van der Waals surface area contributed by atoms with Crippen molar-refractivity contribution in [2.75, 3.05) is 20.2 Å². The topological polar surface area (TPSA) is 72.6 Å². The Bertz CT molecular complexity index is 583. The maximum Gasteiger partial charge on any atom is 0.242 e. The molecule has 1 aliphatic carbocycles. The minimum atomic E-state index is -3.45. The zero-order valence-corrected chi connectivity index (χ0v) is 13.5. The van der Waals surface area contributed by atoms with Crippen LogP contribution < -0.4 is 10.5 Å². The molecule has 0 aliphatic heterocycles. The number of ether oxygens (including phenoxy) is 1. The van der Waals surface area contributed by atoms with Crippen molar-refractivity contribution in [3.05, 3.63) is 23.8 Å². The lowest BCUT2D eigenvalue weighted by Gasteiger charge is -2.29. The minimum Gasteiger partial charge on any atom is -0.494 e. The van der Waals surface area contributed by atoms with E-state index in [4.69, 9.17) is 10.5 Å². The van der Waals surface area contributed by atoms with E-state index in [0.717, 1.165) is 18.4 Å². The average Bonchev–Trinajstić information content (AvgIpc) is 2.43. The Morgan fingerprint density at radius 1 is 1.38 bits per heavy atom. The van der Waals surface area contributed by atoms with Gasteiger partial charge >= 0.3 is 0 Å². The molecule has 1 aliphatic rings. The highest BCUT2D eigenvalue weighted by Gasteiger charge is 2.27. The van der Waals surface area contributed by atoms with Crippen molar-refractivity contribution in [1.29, 1.82) is 0 Å². The molecule has 1 fully saturated rings. The predicted octanol–water partition coefficient (Wildman–Crippen LogP) is 1.96. The molecule has 5 nitrogen and oxygen atoms in total. The fraction of sp³-hybridized carbons (Fsp3) is 0.600. The second kappa shape index (κ2) is 6.77. The molecule has 0 aromatic heterocycles. The van der Waals surface area contributed by atoms with Crippen LogP contribution in [-0.4, -0.2) is 32.9 Å². The monoisotopic (exact) mass is 312 g/mol. The smallest absolute Gasteiger partial charge is 0.242 e. The van der Waals surface area contributed by atoms with Gasteiger partial charge in [-0.3, -0.25) is 0 Å². The van der Waals surface area contributed by atoms with Crippen LogP contribution in [0.15, 0.2) is 23.1 Å². The normalized spacial score (nSPS) is 16.0. The summed E-state index contributed by atoms with van der Waals surface area (Å²) in [6.45, 7) is 3.26. The van der Waals surface area contributed by atoms with Gasteiger partial charge in [-0.05, 0) is 43.9 Å². The summed E-state index contributed by atoms with van der Waals surface area (Å²) in [5.41, 5.74) is 6.41. The molecule has 0 amide bonds. The Balaban J connectivity index is 2.22. The van der Waals surface area contributed by atoms with E-state index in [-0.39, 0.29) is 11.4 Å². The molecule has 1 aromatic rings. The van der Waals surface area contributed by atoms with Gasteiger partial charge in [0, 0.05) is 25.7 Å². The lowest BCUT2D eigenvalue weighted by molar-refractivity contribution is 0.263. The van der Waals surface area contributed by atoms with E-state index in [1.165, 1.54) is 10.7 Å². The minimum absolute atomic E-state index is 0.255. The third-order valence-corrected chi connectivity index (χ3v) is 5.82. The van der Waals surface area contributed by atoms with Gasteiger partial charge in [0.2, 0.25) is 10.0 Å². The Kier molecular flexibility index (Phi) is 5.24. The van der Waals surface area contributed by atoms with E-state index in [1.54, 1.807) is 25.2 Å². The highest BCUT2D eigenvalue weighted by molar-refractivity contribution is 7.89. The zero-order valence-electron chi connectivity index (χ0n) is 12.7. The standard InChI is InChI=1S/C15H24N2O3S/c1-3-20-15-8-7-14(9-13(15)10-16)21(18,19)17(2)11-12-5-4-6-12/h7-9,12H,3-6,10-11,16H2,1-2H3. The van der Waals surface area contributed by atoms with Gasteiger partial charge in [-0.1, -0.05) is 6.42 Å². The highest BCUT2D eigenvalue weighted by Crippen LogP contribution is 2.29. The largest absolute Gasteiger partial charge is 0.494 e. The van der Waals surface area contributed by atoms with Crippen LogP contribution in [-0.2, 0) is 16.6 Å². The number of hydrogen-bond acceptors (Lipinski definition) is 4. The SMILES string of the molecule is CCOc1ccc(S(=O)(=O)N(C)CC2CCC2)cc1CN. The molecule has 6 heteroatoms. The highest BCUT2D eigenvalue weighted by atomic mass is 32.2. The Morgan fingerprint density at radius 2 is 2.10 bits per heavy atom. The Labute approximate surface area is 127 Å². The predicted molar refractivity (Wildman–Crippen MR) is 82.7 cm³/mol. The van der Waals surface area contributed by atoms with Gasteiger partial charge in [-0.15, -0.1) is 0 Å². The molecule has 0 radical (unpaired) electrons. The van der Waals surface area contributed by atoms with Crippen molar-refractivity contribution in [3.8, 4) is 5.75 Å². The summed E-state index contributed by atoms with van der Waals surface area (Å²) < 4.78 is 32.1. The average molecular weight is 312 g/mol. The molecule has 0 spiro atoms. The molecular formula is C15H24N2O3S. The lowest BCUT2D eigenvalue weighted by atomic mass is 9.86. The van der Waals surface area contributed by atoms with E-state index >= 15 is 0 Å². The van der Waals surface area contributed by atoms with Crippen LogP contribution in [0, 0.1) is 5.92 Å². The van der Waals surface area contributed by atoms with E-state index < -0.39 is 10.0 Å². The first-order chi connectivity index (χ1) is 9.98. The van der Waals surface area contributed by atoms with Gasteiger partial charge in [0.15, 0.2) is 0 Å². The fourth-order valence-electron chi connectivity index (χ4n) is 2.49. The first-order valence-electron chi connectivity index (χ1n) is 7.41. The molecule has 0 saturated heterocycles. The first kappa shape index (κ1) is 16.3. The van der Waals surface area contributed by atoms with Crippen molar-refractivity contribution in [2.45, 2.75) is 37.6 Å². The molecule has 0 unspecified atom stereocenters. The molecular weight excluding hydrogens is 288 g/mol. The number of benzene rings is 1. The molecule has 1 saturated carbocycles. The maximum atomic E-state index is 12.6. The van der Waals surface area contributed by atoms with Gasteiger partial charge in [-0.25, -0.2) is 12.7 Å². The maximum absolute atomic E-state index is 12.6. The fourth-order valence-corrected chi connectivity index (χ4v) is 3.79. The van der Waals surface area contributed by atoms with E-state index in [9.17, 15) is 8.42 Å². The van der Waals surface area contributed by atoms with E-state index in [0.29, 0.717) is 24.8 Å². The van der Waals surface area contributed by atoms with Crippen LogP contribution in [0.3, 0.4) is 0 Å². The molecule has 0 atom stereocenters. The number of nitrogens with zero attached hydrogens (tertiary/aromatic N) is 1. The second-order valence-corrected chi connectivity index (χ2v) is 7.53. The Morgan fingerprint density at radius 3 is 2.62 bits per heavy atom. The van der Waals surface area contributed by atoms with E-state index in [2.05, 4.69) is 0 Å². The molecule has 118 valence electrons. The van der Waals surface area contributed by atoms with Gasteiger partial charge in [0.1, 0.15) is 5.75 Å². The van der Waals surface area contributed by atoms with Gasteiger partial charge in [-0.2, -0.15) is 0 Å². The van der Waals surface area contributed by atoms with Crippen molar-refractivity contribution in [1.82, 2.24) is 4.31 Å². The van der Waals surface area contributed by atoms with Gasteiger partial charge < -0.3 is 10.5 Å². The third-order valence-electron chi connectivity index (χ3n) is 4.00. The summed E-state index contributed by atoms with van der Waals surface area (Å²) >= 11 is 0. The summed E-state index contributed by atoms with van der Waals surface area (Å²) in [6, 6.07) is 4.91. The molecule has 0 heterocycles. The number of rotatable bonds is 7. The molecule has 21 heavy (non-hydrogen) atoms. The number of nitrogens with two attached hydrogens (primary N) is 1. The van der Waals surface area contributed by atoms with Crippen LogP contribution in [0.25, 0.3) is 0 Å². The second-order valence-electron chi connectivity index (χ2n) is 5.49. The molecule has 0 bridgehead atoms. The zero-order chi connectivity index (χ0) is 15.5. The first-order valence-corrected chi connectivity index (χ1v) is 8.85. The summed E-state index contributed by atoms with van der Waals surface area (Å²) in [7, 11) is -1.81. The van der Waals surface area contributed by atoms with Crippen molar-refractivity contribution in [3.63, 3.8) is 0 Å². The van der Waals surface area contributed by atoms with E-state index in [1.807, 2.05) is 6.92 Å². The molecule has 2 rings (SSSR count). The summed E-state index contributed by atoms with van der Waals surface area (Å²) in [5, 5.41) is 0. The van der Waals surface area contributed by atoms with Crippen LogP contribution >= 0.6 is 0 Å². The van der Waals surface area contributed by atoms with Crippen molar-refractivity contribution in [2.24, 2.45) is 11.7 Å². The Hall–Kier alpha value is -1.11. The van der Waals surface area contributed by atoms with Crippen LogP contribution in [0.1, 0.15) is 31.7 Å². The number of hydrogen-bond donors (Lipinski definition) is 1. The summed E-state index contributed by atoms with van der Waals surface area (Å²) in [4.78, 5) is 0.285. The number of sulfonamides is 1. The van der Waals surface area contributed by atoms with Gasteiger partial charge in [0.25, 0.3) is 0 Å². The van der Waals surface area contributed by atoms with Crippen molar-refractivity contribution < 1.29 is 13.2 Å². The lowest BCUT2D eigenvalue weighted by Crippen LogP contribution is -2.34. The third kappa shape index (κ3) is 3.56.